The molecule has 31 heavy (non-hydrogen) atoms. The molecule has 0 radical (unpaired) electrons. The van der Waals surface area contributed by atoms with Crippen LogP contribution in [-0.2, 0) is 21.2 Å². The van der Waals surface area contributed by atoms with Crippen LogP contribution < -0.4 is 14.8 Å². The molecular formula is C22H20Cl2N2O4S. The van der Waals surface area contributed by atoms with Gasteiger partial charge in [-0.25, -0.2) is 8.42 Å². The van der Waals surface area contributed by atoms with Crippen LogP contribution in [0.1, 0.15) is 5.56 Å². The van der Waals surface area contributed by atoms with Crippen molar-refractivity contribution in [3.63, 3.8) is 0 Å². The van der Waals surface area contributed by atoms with Crippen LogP contribution in [0.15, 0.2) is 77.7 Å². The van der Waals surface area contributed by atoms with Gasteiger partial charge in [0.05, 0.1) is 17.7 Å². The van der Waals surface area contributed by atoms with Gasteiger partial charge in [0.25, 0.3) is 0 Å². The molecule has 1 atom stereocenters. The van der Waals surface area contributed by atoms with Crippen molar-refractivity contribution >= 4 is 44.8 Å². The zero-order valence-electron chi connectivity index (χ0n) is 16.5. The van der Waals surface area contributed by atoms with Crippen molar-refractivity contribution in [2.45, 2.75) is 17.4 Å². The number of nitrogens with one attached hydrogen (secondary N) is 2. The van der Waals surface area contributed by atoms with E-state index in [1.165, 1.54) is 37.4 Å². The lowest BCUT2D eigenvalue weighted by Crippen LogP contribution is -2.45. The molecule has 0 aromatic heterocycles. The van der Waals surface area contributed by atoms with Gasteiger partial charge in [-0.1, -0.05) is 53.5 Å². The Morgan fingerprint density at radius 2 is 1.61 bits per heavy atom. The minimum absolute atomic E-state index is 0.00287. The van der Waals surface area contributed by atoms with Crippen LogP contribution in [0, 0.1) is 0 Å². The van der Waals surface area contributed by atoms with E-state index in [0.29, 0.717) is 21.5 Å². The molecule has 0 saturated carbocycles. The standard InChI is InChI=1S/C22H20Cl2N2O4S/c1-30-21-12-9-17(24)14-19(21)25-22(27)20(13-15-5-3-2-4-6-15)26-31(28,29)18-10-7-16(23)8-11-18/h2-12,14,20,26H,13H2,1H3,(H,25,27). The first-order valence-corrected chi connectivity index (χ1v) is 11.5. The first kappa shape index (κ1) is 23.1. The van der Waals surface area contributed by atoms with E-state index >= 15 is 0 Å². The predicted octanol–water partition coefficient (Wildman–Crippen LogP) is 4.53. The molecule has 3 aromatic rings. The van der Waals surface area contributed by atoms with E-state index in [4.69, 9.17) is 27.9 Å². The van der Waals surface area contributed by atoms with Gasteiger partial charge in [-0.05, 0) is 54.4 Å². The number of hydrogen-bond acceptors (Lipinski definition) is 4. The van der Waals surface area contributed by atoms with Crippen LogP contribution in [-0.4, -0.2) is 27.5 Å². The fourth-order valence-corrected chi connectivity index (χ4v) is 4.40. The van der Waals surface area contributed by atoms with Crippen molar-refractivity contribution in [2.75, 3.05) is 12.4 Å². The molecule has 0 aliphatic rings. The Bertz CT molecular complexity index is 1150. The maximum atomic E-state index is 13.1. The van der Waals surface area contributed by atoms with Crippen molar-refractivity contribution < 1.29 is 17.9 Å². The van der Waals surface area contributed by atoms with Crippen molar-refractivity contribution in [1.82, 2.24) is 4.72 Å². The van der Waals surface area contributed by atoms with Crippen molar-refractivity contribution in [3.8, 4) is 5.75 Å². The summed E-state index contributed by atoms with van der Waals surface area (Å²) in [6, 6.07) is 18.5. The second-order valence-electron chi connectivity index (χ2n) is 6.65. The topological polar surface area (TPSA) is 84.5 Å². The van der Waals surface area contributed by atoms with Gasteiger partial charge in [-0.3, -0.25) is 4.79 Å². The number of carbonyl (C=O) groups excluding carboxylic acids is 1. The Morgan fingerprint density at radius 3 is 2.26 bits per heavy atom. The molecule has 1 amide bonds. The first-order valence-electron chi connectivity index (χ1n) is 9.25. The Kier molecular flexibility index (Phi) is 7.56. The van der Waals surface area contributed by atoms with Crippen molar-refractivity contribution in [1.29, 1.82) is 0 Å². The van der Waals surface area contributed by atoms with Crippen LogP contribution in [0.2, 0.25) is 10.0 Å². The van der Waals surface area contributed by atoms with Crippen molar-refractivity contribution in [2.24, 2.45) is 0 Å². The third-order valence-electron chi connectivity index (χ3n) is 4.44. The molecule has 0 aliphatic heterocycles. The normalized spacial score (nSPS) is 12.2. The molecule has 2 N–H and O–H groups in total. The maximum Gasteiger partial charge on any atom is 0.243 e. The van der Waals surface area contributed by atoms with Crippen LogP contribution >= 0.6 is 23.2 Å². The molecule has 162 valence electrons. The van der Waals surface area contributed by atoms with E-state index < -0.39 is 22.0 Å². The summed E-state index contributed by atoms with van der Waals surface area (Å²) in [7, 11) is -2.52. The Morgan fingerprint density at radius 1 is 0.968 bits per heavy atom. The van der Waals surface area contributed by atoms with Crippen LogP contribution in [0.5, 0.6) is 5.75 Å². The molecule has 6 nitrogen and oxygen atoms in total. The molecule has 0 spiro atoms. The van der Waals surface area contributed by atoms with E-state index in [1.807, 2.05) is 30.3 Å². The highest BCUT2D eigenvalue weighted by molar-refractivity contribution is 7.89. The van der Waals surface area contributed by atoms with E-state index in [0.717, 1.165) is 5.56 Å². The average molecular weight is 479 g/mol. The Balaban J connectivity index is 1.90. The summed E-state index contributed by atoms with van der Waals surface area (Å²) in [6.45, 7) is 0. The highest BCUT2D eigenvalue weighted by Gasteiger charge is 2.27. The fourth-order valence-electron chi connectivity index (χ4n) is 2.90. The SMILES string of the molecule is COc1ccc(Cl)cc1NC(=O)C(Cc1ccccc1)NS(=O)(=O)c1ccc(Cl)cc1. The fraction of sp³-hybridized carbons (Fsp3) is 0.136. The van der Waals surface area contributed by atoms with Gasteiger partial charge in [0.2, 0.25) is 15.9 Å². The second-order valence-corrected chi connectivity index (χ2v) is 9.24. The Labute approximate surface area is 191 Å². The van der Waals surface area contributed by atoms with E-state index in [-0.39, 0.29) is 11.3 Å². The number of methoxy groups -OCH3 is 1. The number of rotatable bonds is 8. The van der Waals surface area contributed by atoms with Gasteiger partial charge in [0.15, 0.2) is 0 Å². The van der Waals surface area contributed by atoms with Gasteiger partial charge in [-0.2, -0.15) is 4.72 Å². The average Bonchev–Trinajstić information content (AvgIpc) is 2.74. The predicted molar refractivity (Wildman–Crippen MR) is 122 cm³/mol. The molecule has 0 bridgehead atoms. The molecule has 0 aliphatic carbocycles. The molecule has 1 unspecified atom stereocenters. The molecule has 9 heteroatoms. The monoisotopic (exact) mass is 478 g/mol. The summed E-state index contributed by atoms with van der Waals surface area (Å²) in [5.41, 5.74) is 1.13. The van der Waals surface area contributed by atoms with Gasteiger partial charge >= 0.3 is 0 Å². The molecule has 0 fully saturated rings. The van der Waals surface area contributed by atoms with E-state index in [9.17, 15) is 13.2 Å². The van der Waals surface area contributed by atoms with Gasteiger partial charge < -0.3 is 10.1 Å². The highest BCUT2D eigenvalue weighted by Crippen LogP contribution is 2.28. The van der Waals surface area contributed by atoms with Gasteiger partial charge in [0, 0.05) is 10.0 Å². The van der Waals surface area contributed by atoms with Crippen molar-refractivity contribution in [3.05, 3.63) is 88.4 Å². The number of anilines is 1. The first-order chi connectivity index (χ1) is 14.8. The van der Waals surface area contributed by atoms with Gasteiger partial charge in [-0.15, -0.1) is 0 Å². The lowest BCUT2D eigenvalue weighted by Gasteiger charge is -2.20. The lowest BCUT2D eigenvalue weighted by atomic mass is 10.1. The molecule has 0 saturated heterocycles. The quantitative estimate of drug-likeness (QED) is 0.497. The smallest absolute Gasteiger partial charge is 0.243 e. The van der Waals surface area contributed by atoms with Gasteiger partial charge in [0.1, 0.15) is 11.8 Å². The summed E-state index contributed by atoms with van der Waals surface area (Å²) in [5, 5.41) is 3.52. The van der Waals surface area contributed by atoms with Crippen LogP contribution in [0.4, 0.5) is 5.69 Å². The third-order valence-corrected chi connectivity index (χ3v) is 6.41. The van der Waals surface area contributed by atoms with Crippen LogP contribution in [0.3, 0.4) is 0 Å². The number of hydrogen-bond donors (Lipinski definition) is 2. The number of ether oxygens (including phenoxy) is 1. The zero-order valence-corrected chi connectivity index (χ0v) is 18.8. The number of benzene rings is 3. The van der Waals surface area contributed by atoms with E-state index in [2.05, 4.69) is 10.0 Å². The summed E-state index contributed by atoms with van der Waals surface area (Å²) < 4.78 is 33.5. The third kappa shape index (κ3) is 6.21. The number of carbonyl (C=O) groups is 1. The second kappa shape index (κ2) is 10.2. The van der Waals surface area contributed by atoms with E-state index in [1.54, 1.807) is 12.1 Å². The molecule has 3 aromatic carbocycles. The largest absolute Gasteiger partial charge is 0.495 e. The highest BCUT2D eigenvalue weighted by atomic mass is 35.5. The molecular weight excluding hydrogens is 459 g/mol. The summed E-state index contributed by atoms with van der Waals surface area (Å²) in [4.78, 5) is 13.1. The van der Waals surface area contributed by atoms with Crippen LogP contribution in [0.25, 0.3) is 0 Å². The zero-order chi connectivity index (χ0) is 22.4. The molecule has 3 rings (SSSR count). The minimum atomic E-state index is -3.98. The summed E-state index contributed by atoms with van der Waals surface area (Å²) >= 11 is 11.9. The number of amides is 1. The summed E-state index contributed by atoms with van der Waals surface area (Å²) in [5.74, 6) is -0.154. The summed E-state index contributed by atoms with van der Waals surface area (Å²) in [6.07, 6.45) is 0.141. The molecule has 0 heterocycles. The number of halogens is 2. The lowest BCUT2D eigenvalue weighted by molar-refractivity contribution is -0.117. The Hall–Kier alpha value is -2.58. The number of sulfonamides is 1. The minimum Gasteiger partial charge on any atom is -0.495 e. The maximum absolute atomic E-state index is 13.1.